The van der Waals surface area contributed by atoms with Crippen LogP contribution >= 0.6 is 11.6 Å². The summed E-state index contributed by atoms with van der Waals surface area (Å²) in [6.07, 6.45) is 1.98. The second kappa shape index (κ2) is 7.14. The van der Waals surface area contributed by atoms with E-state index in [0.29, 0.717) is 17.3 Å². The maximum absolute atomic E-state index is 13.4. The quantitative estimate of drug-likeness (QED) is 0.723. The van der Waals surface area contributed by atoms with Gasteiger partial charge in [-0.3, -0.25) is 4.79 Å². The van der Waals surface area contributed by atoms with Gasteiger partial charge in [0.1, 0.15) is 5.69 Å². The molecule has 1 amide bonds. The Hall–Kier alpha value is -2.30. The molecule has 2 aromatic carbocycles. The fraction of sp³-hybridized carbons (Fsp3) is 0.286. The molecule has 0 saturated carbocycles. The zero-order valence-corrected chi connectivity index (χ0v) is 15.4. The number of rotatable bonds is 4. The Labute approximate surface area is 157 Å². The van der Waals surface area contributed by atoms with Crippen molar-refractivity contribution in [3.8, 4) is 11.1 Å². The Morgan fingerprint density at radius 3 is 2.85 bits per heavy atom. The second-order valence-corrected chi connectivity index (χ2v) is 7.12. The molecular formula is C21H21ClN2O2. The number of fused-ring (bicyclic) bond motifs is 1. The van der Waals surface area contributed by atoms with Gasteiger partial charge in [0.25, 0.3) is 5.91 Å². The van der Waals surface area contributed by atoms with Gasteiger partial charge in [-0.2, -0.15) is 0 Å². The summed E-state index contributed by atoms with van der Waals surface area (Å²) in [5.41, 5.74) is 3.46. The molecule has 26 heavy (non-hydrogen) atoms. The highest BCUT2D eigenvalue weighted by atomic mass is 35.5. The lowest BCUT2D eigenvalue weighted by molar-refractivity contribution is 0.0627. The number of benzene rings is 2. The number of methoxy groups -OCH3 is 1. The zero-order chi connectivity index (χ0) is 18.1. The van der Waals surface area contributed by atoms with E-state index in [1.807, 2.05) is 53.4 Å². The highest BCUT2D eigenvalue weighted by molar-refractivity contribution is 6.31. The highest BCUT2D eigenvalue weighted by Crippen LogP contribution is 2.35. The predicted molar refractivity (Wildman–Crippen MR) is 105 cm³/mol. The van der Waals surface area contributed by atoms with Crippen molar-refractivity contribution in [2.24, 2.45) is 0 Å². The largest absolute Gasteiger partial charge is 0.383 e. The summed E-state index contributed by atoms with van der Waals surface area (Å²) in [5.74, 6) is 0.0238. The number of hydrogen-bond donors (Lipinski definition) is 1. The average Bonchev–Trinajstić information content (AvgIpc) is 3.26. The van der Waals surface area contributed by atoms with E-state index in [4.69, 9.17) is 16.3 Å². The first-order chi connectivity index (χ1) is 12.7. The van der Waals surface area contributed by atoms with E-state index in [9.17, 15) is 4.79 Å². The maximum atomic E-state index is 13.4. The first-order valence-corrected chi connectivity index (χ1v) is 9.23. The molecule has 0 unspecified atom stereocenters. The molecule has 1 atom stereocenters. The number of carbonyl (C=O) groups excluding carboxylic acids is 1. The van der Waals surface area contributed by atoms with E-state index >= 15 is 0 Å². The van der Waals surface area contributed by atoms with E-state index in [1.165, 1.54) is 0 Å². The Balaban J connectivity index is 1.85. The Bertz CT molecular complexity index is 936. The fourth-order valence-electron chi connectivity index (χ4n) is 3.84. The summed E-state index contributed by atoms with van der Waals surface area (Å²) in [6.45, 7) is 1.33. The topological polar surface area (TPSA) is 45.3 Å². The Kier molecular flexibility index (Phi) is 4.70. The first-order valence-electron chi connectivity index (χ1n) is 8.85. The van der Waals surface area contributed by atoms with E-state index in [0.717, 1.165) is 41.4 Å². The standard InChI is InChI=1S/C21H21ClN2O2/c1-26-13-16-8-5-11-24(16)21(25)20-19(14-6-3-2-4-7-14)17-12-15(22)9-10-18(17)23-20/h2-4,6-7,9-10,12,16,23H,5,8,11,13H2,1H3/t16-/m0/s1. The first kappa shape index (κ1) is 17.1. The summed E-state index contributed by atoms with van der Waals surface area (Å²) in [7, 11) is 1.68. The van der Waals surface area contributed by atoms with Gasteiger partial charge in [-0.25, -0.2) is 0 Å². The number of likely N-dealkylation sites (tertiary alicyclic amines) is 1. The van der Waals surface area contributed by atoms with Gasteiger partial charge in [-0.05, 0) is 36.6 Å². The molecule has 0 aliphatic carbocycles. The van der Waals surface area contributed by atoms with Gasteiger partial charge in [0.05, 0.1) is 12.6 Å². The van der Waals surface area contributed by atoms with Crippen LogP contribution in [-0.4, -0.2) is 42.1 Å². The van der Waals surface area contributed by atoms with E-state index in [2.05, 4.69) is 4.98 Å². The Morgan fingerprint density at radius 2 is 2.08 bits per heavy atom. The lowest BCUT2D eigenvalue weighted by Crippen LogP contribution is -2.38. The predicted octanol–water partition coefficient (Wildman–Crippen LogP) is 4.74. The maximum Gasteiger partial charge on any atom is 0.271 e. The second-order valence-electron chi connectivity index (χ2n) is 6.68. The number of halogens is 1. The van der Waals surface area contributed by atoms with Crippen LogP contribution in [0.5, 0.6) is 0 Å². The molecule has 1 aromatic heterocycles. The summed E-state index contributed by atoms with van der Waals surface area (Å²) < 4.78 is 5.31. The van der Waals surface area contributed by atoms with Gasteiger partial charge in [0, 0.05) is 35.1 Å². The van der Waals surface area contributed by atoms with Gasteiger partial charge in [0.2, 0.25) is 0 Å². The molecule has 4 nitrogen and oxygen atoms in total. The number of nitrogens with zero attached hydrogens (tertiary/aromatic N) is 1. The lowest BCUT2D eigenvalue weighted by atomic mass is 10.0. The molecule has 2 heterocycles. The third-order valence-electron chi connectivity index (χ3n) is 5.03. The van der Waals surface area contributed by atoms with Crippen LogP contribution in [0.2, 0.25) is 5.02 Å². The third kappa shape index (κ3) is 3.00. The van der Waals surface area contributed by atoms with Crippen LogP contribution in [-0.2, 0) is 4.74 Å². The third-order valence-corrected chi connectivity index (χ3v) is 5.27. The molecule has 1 fully saturated rings. The average molecular weight is 369 g/mol. The zero-order valence-electron chi connectivity index (χ0n) is 14.7. The highest BCUT2D eigenvalue weighted by Gasteiger charge is 2.32. The van der Waals surface area contributed by atoms with Crippen LogP contribution in [0.25, 0.3) is 22.0 Å². The van der Waals surface area contributed by atoms with Crippen LogP contribution in [0.3, 0.4) is 0 Å². The normalized spacial score (nSPS) is 17.2. The Morgan fingerprint density at radius 1 is 1.27 bits per heavy atom. The molecule has 1 N–H and O–H groups in total. The molecular weight excluding hydrogens is 348 g/mol. The summed E-state index contributed by atoms with van der Waals surface area (Å²) in [4.78, 5) is 18.7. The van der Waals surface area contributed by atoms with Crippen molar-refractivity contribution in [1.82, 2.24) is 9.88 Å². The van der Waals surface area contributed by atoms with Gasteiger partial charge in [0.15, 0.2) is 0 Å². The minimum absolute atomic E-state index is 0.0238. The summed E-state index contributed by atoms with van der Waals surface area (Å²) in [6, 6.07) is 15.8. The van der Waals surface area contributed by atoms with Crippen molar-refractivity contribution in [1.29, 1.82) is 0 Å². The molecule has 0 bridgehead atoms. The summed E-state index contributed by atoms with van der Waals surface area (Å²) in [5, 5.41) is 1.63. The van der Waals surface area contributed by atoms with Crippen LogP contribution in [0.4, 0.5) is 0 Å². The molecule has 0 radical (unpaired) electrons. The van der Waals surface area contributed by atoms with Crippen molar-refractivity contribution in [3.05, 3.63) is 59.2 Å². The number of aromatic amines is 1. The molecule has 134 valence electrons. The van der Waals surface area contributed by atoms with Crippen molar-refractivity contribution >= 4 is 28.4 Å². The van der Waals surface area contributed by atoms with Crippen molar-refractivity contribution in [3.63, 3.8) is 0 Å². The number of amides is 1. The van der Waals surface area contributed by atoms with Crippen LogP contribution < -0.4 is 0 Å². The number of H-pyrrole nitrogens is 1. The molecule has 5 heteroatoms. The van der Waals surface area contributed by atoms with Gasteiger partial charge < -0.3 is 14.6 Å². The van der Waals surface area contributed by atoms with Crippen LogP contribution in [0.1, 0.15) is 23.3 Å². The summed E-state index contributed by atoms with van der Waals surface area (Å²) >= 11 is 6.23. The van der Waals surface area contributed by atoms with E-state index in [1.54, 1.807) is 7.11 Å². The number of carbonyl (C=O) groups is 1. The van der Waals surface area contributed by atoms with Gasteiger partial charge >= 0.3 is 0 Å². The number of hydrogen-bond acceptors (Lipinski definition) is 2. The molecule has 4 rings (SSSR count). The van der Waals surface area contributed by atoms with Crippen LogP contribution in [0.15, 0.2) is 48.5 Å². The minimum atomic E-state index is 0.0238. The number of nitrogens with one attached hydrogen (secondary N) is 1. The SMILES string of the molecule is COC[C@@H]1CCCN1C(=O)c1[nH]c2ccc(Cl)cc2c1-c1ccccc1. The molecule has 1 aliphatic heterocycles. The fourth-order valence-corrected chi connectivity index (χ4v) is 4.01. The molecule has 0 spiro atoms. The van der Waals surface area contributed by atoms with Gasteiger partial charge in [-0.15, -0.1) is 0 Å². The van der Waals surface area contributed by atoms with Gasteiger partial charge in [-0.1, -0.05) is 41.9 Å². The molecule has 1 saturated heterocycles. The monoisotopic (exact) mass is 368 g/mol. The minimum Gasteiger partial charge on any atom is -0.383 e. The van der Waals surface area contributed by atoms with Crippen molar-refractivity contribution in [2.45, 2.75) is 18.9 Å². The smallest absolute Gasteiger partial charge is 0.271 e. The number of ether oxygens (including phenoxy) is 1. The van der Waals surface area contributed by atoms with E-state index in [-0.39, 0.29) is 11.9 Å². The number of aromatic nitrogens is 1. The molecule has 3 aromatic rings. The van der Waals surface area contributed by atoms with E-state index < -0.39 is 0 Å². The van der Waals surface area contributed by atoms with Crippen molar-refractivity contribution < 1.29 is 9.53 Å². The lowest BCUT2D eigenvalue weighted by Gasteiger charge is -2.24. The van der Waals surface area contributed by atoms with Crippen molar-refractivity contribution in [2.75, 3.05) is 20.3 Å². The van der Waals surface area contributed by atoms with Crippen LogP contribution in [0, 0.1) is 0 Å². The molecule has 1 aliphatic rings.